The largest absolute Gasteiger partial charge is 0.459 e. The maximum atomic E-state index is 15.5. The van der Waals surface area contributed by atoms with Crippen molar-refractivity contribution in [2.24, 2.45) is 22.9 Å². The maximum Gasteiger partial charge on any atom is 0.239 e. The Labute approximate surface area is 456 Å². The highest BCUT2D eigenvalue weighted by Gasteiger charge is 2.65. The number of fused-ring (bicyclic) bond motifs is 3. The van der Waals surface area contributed by atoms with E-state index in [4.69, 9.17) is 33.7 Å². The lowest BCUT2D eigenvalue weighted by atomic mass is 9.55. The molecule has 1 fully saturated rings. The van der Waals surface area contributed by atoms with E-state index < -0.39 is 17.7 Å². The van der Waals surface area contributed by atoms with Crippen LogP contribution in [0.2, 0.25) is 0 Å². The normalized spacial score (nSPS) is 21.4. The number of hydrogen-bond donors (Lipinski definition) is 2. The van der Waals surface area contributed by atoms with E-state index in [2.05, 4.69) is 49.9 Å². The summed E-state index contributed by atoms with van der Waals surface area (Å²) in [7, 11) is 0. The van der Waals surface area contributed by atoms with Gasteiger partial charge in [-0.3, -0.25) is 4.79 Å². The summed E-state index contributed by atoms with van der Waals surface area (Å²) in [5.74, 6) is 1.42. The Bertz CT molecular complexity index is 2730. The molecule has 5 aromatic rings. The molecule has 0 radical (unpaired) electrons. The first-order chi connectivity index (χ1) is 37.9. The molecule has 77 heavy (non-hydrogen) atoms. The zero-order valence-electron chi connectivity index (χ0n) is 45.2. The second-order valence-electron chi connectivity index (χ2n) is 21.3. The Hall–Kier alpha value is -6.40. The summed E-state index contributed by atoms with van der Waals surface area (Å²) >= 11 is 0. The van der Waals surface area contributed by atoms with E-state index in [-0.39, 0.29) is 63.4 Å². The van der Waals surface area contributed by atoms with Crippen LogP contribution >= 0.6 is 0 Å². The Morgan fingerprint density at radius 3 is 2.14 bits per heavy atom. The van der Waals surface area contributed by atoms with Gasteiger partial charge in [-0.15, -0.1) is 6.58 Å². The van der Waals surface area contributed by atoms with Gasteiger partial charge in [-0.2, -0.15) is 0 Å². The van der Waals surface area contributed by atoms with Crippen molar-refractivity contribution < 1.29 is 43.5 Å². The molecule has 0 saturated heterocycles. The van der Waals surface area contributed by atoms with Crippen molar-refractivity contribution in [3.63, 3.8) is 0 Å². The highest BCUT2D eigenvalue weighted by Crippen LogP contribution is 2.62. The second-order valence-corrected chi connectivity index (χ2v) is 21.3. The van der Waals surface area contributed by atoms with Gasteiger partial charge in [-0.1, -0.05) is 167 Å². The zero-order valence-corrected chi connectivity index (χ0v) is 45.2. The molecule has 9 rings (SSSR count). The summed E-state index contributed by atoms with van der Waals surface area (Å²) in [6.07, 6.45) is 19.7. The molecule has 2 aliphatic carbocycles. The average Bonchev–Trinajstić information content (AvgIpc) is 4.02. The minimum atomic E-state index is -1.42. The SMILES string of the molecule is C=CCO[C@@]12Oc3ccc(Oc4ccc(-c5ccccc5)cc4)cc3[C@H]3[C@H](CCCCO)[C@@H](CCCCO)C=C(C(=NOCc4ccccc4)C[C@@H]1N(Cc1ccc4c(c1)OCO4)C(=O)CCCCCCCCCCC)[C@H]32. The summed E-state index contributed by atoms with van der Waals surface area (Å²) in [6, 6.07) is 39.9. The van der Waals surface area contributed by atoms with Gasteiger partial charge in [0.1, 0.15) is 29.9 Å². The molecule has 0 aromatic heterocycles. The molecule has 408 valence electrons. The van der Waals surface area contributed by atoms with Gasteiger partial charge in [0.15, 0.2) is 11.5 Å². The van der Waals surface area contributed by atoms with Gasteiger partial charge in [0, 0.05) is 44.1 Å². The summed E-state index contributed by atoms with van der Waals surface area (Å²) in [5, 5.41) is 25.4. The minimum Gasteiger partial charge on any atom is -0.459 e. The molecule has 4 aliphatic rings. The van der Waals surface area contributed by atoms with E-state index in [0.29, 0.717) is 54.4 Å². The first kappa shape index (κ1) is 55.4. The molecule has 2 aliphatic heterocycles. The highest BCUT2D eigenvalue weighted by molar-refractivity contribution is 6.03. The molecule has 2 heterocycles. The van der Waals surface area contributed by atoms with E-state index in [0.717, 1.165) is 84.0 Å². The molecule has 11 nitrogen and oxygen atoms in total. The van der Waals surface area contributed by atoms with Crippen LogP contribution in [0.1, 0.15) is 139 Å². The molecule has 0 spiro atoms. The number of unbranched alkanes of at least 4 members (excludes halogenated alkanes) is 10. The molecular formula is C66H80N2O9. The van der Waals surface area contributed by atoms with Crippen molar-refractivity contribution >= 4 is 11.6 Å². The van der Waals surface area contributed by atoms with Crippen molar-refractivity contribution in [3.8, 4) is 39.9 Å². The van der Waals surface area contributed by atoms with Crippen LogP contribution in [0, 0.1) is 17.8 Å². The zero-order chi connectivity index (χ0) is 53.2. The third-order valence-corrected chi connectivity index (χ3v) is 16.1. The Morgan fingerprint density at radius 2 is 1.40 bits per heavy atom. The van der Waals surface area contributed by atoms with E-state index in [1.165, 1.54) is 38.5 Å². The summed E-state index contributed by atoms with van der Waals surface area (Å²) in [6.45, 7) is 7.45. The Kier molecular flexibility index (Phi) is 20.0. The predicted octanol–water partition coefficient (Wildman–Crippen LogP) is 14.7. The van der Waals surface area contributed by atoms with E-state index in [9.17, 15) is 10.2 Å². The van der Waals surface area contributed by atoms with Crippen molar-refractivity contribution in [1.29, 1.82) is 0 Å². The molecule has 2 N–H and O–H groups in total. The molecule has 0 bridgehead atoms. The molecule has 0 unspecified atom stereocenters. The number of rotatable bonds is 30. The number of carbonyl (C=O) groups excluding carboxylic acids is 1. The molecule has 6 atom stereocenters. The molecule has 1 saturated carbocycles. The topological polar surface area (TPSA) is 129 Å². The van der Waals surface area contributed by atoms with Gasteiger partial charge in [-0.05, 0) is 114 Å². The van der Waals surface area contributed by atoms with Crippen molar-refractivity contribution in [1.82, 2.24) is 4.90 Å². The number of nitrogens with zero attached hydrogens (tertiary/aromatic N) is 2. The fourth-order valence-electron chi connectivity index (χ4n) is 12.3. The van der Waals surface area contributed by atoms with Gasteiger partial charge in [0.2, 0.25) is 18.5 Å². The number of amides is 1. The van der Waals surface area contributed by atoms with Crippen LogP contribution in [0.25, 0.3) is 11.1 Å². The van der Waals surface area contributed by atoms with Crippen LogP contribution in [0.3, 0.4) is 0 Å². The van der Waals surface area contributed by atoms with Crippen molar-refractivity contribution in [2.45, 2.75) is 147 Å². The van der Waals surface area contributed by atoms with Crippen LogP contribution in [-0.4, -0.2) is 65.2 Å². The Morgan fingerprint density at radius 1 is 0.727 bits per heavy atom. The summed E-state index contributed by atoms with van der Waals surface area (Å²) in [5.41, 5.74) is 6.85. The monoisotopic (exact) mass is 1040 g/mol. The third-order valence-electron chi connectivity index (χ3n) is 16.1. The lowest BCUT2D eigenvalue weighted by Gasteiger charge is -2.60. The molecule has 5 aromatic carbocycles. The van der Waals surface area contributed by atoms with Crippen LogP contribution in [0.15, 0.2) is 151 Å². The fourth-order valence-corrected chi connectivity index (χ4v) is 12.3. The van der Waals surface area contributed by atoms with Gasteiger partial charge in [0.25, 0.3) is 0 Å². The van der Waals surface area contributed by atoms with E-state index >= 15 is 4.79 Å². The number of aliphatic hydroxyl groups is 2. The number of benzene rings is 5. The van der Waals surface area contributed by atoms with E-state index in [1.807, 2.05) is 95.9 Å². The lowest BCUT2D eigenvalue weighted by Crippen LogP contribution is -2.70. The number of ether oxygens (including phenoxy) is 5. The van der Waals surface area contributed by atoms with Crippen LogP contribution < -0.4 is 18.9 Å². The number of carbonyl (C=O) groups is 1. The first-order valence-electron chi connectivity index (χ1n) is 28.7. The highest BCUT2D eigenvalue weighted by atomic mass is 16.7. The van der Waals surface area contributed by atoms with Gasteiger partial charge in [0.05, 0.1) is 18.2 Å². The van der Waals surface area contributed by atoms with Gasteiger partial charge >= 0.3 is 0 Å². The van der Waals surface area contributed by atoms with Crippen molar-refractivity contribution in [2.75, 3.05) is 26.6 Å². The molecule has 1 amide bonds. The number of allylic oxidation sites excluding steroid dienone is 1. The van der Waals surface area contributed by atoms with Gasteiger partial charge < -0.3 is 43.6 Å². The number of hydrogen-bond acceptors (Lipinski definition) is 10. The van der Waals surface area contributed by atoms with Crippen molar-refractivity contribution in [3.05, 3.63) is 162 Å². The van der Waals surface area contributed by atoms with E-state index in [1.54, 1.807) is 6.08 Å². The van der Waals surface area contributed by atoms with Crippen LogP contribution in [-0.2, 0) is 27.5 Å². The third kappa shape index (κ3) is 13.7. The number of aliphatic hydroxyl groups excluding tert-OH is 2. The number of oxime groups is 1. The average molecular weight is 1050 g/mol. The van der Waals surface area contributed by atoms with Gasteiger partial charge in [-0.25, -0.2) is 0 Å². The second kappa shape index (κ2) is 27.8. The molecule has 11 heteroatoms. The summed E-state index contributed by atoms with van der Waals surface area (Å²) in [4.78, 5) is 23.9. The van der Waals surface area contributed by atoms with Crippen LogP contribution in [0.4, 0.5) is 0 Å². The quantitative estimate of drug-likeness (QED) is 0.0262. The smallest absolute Gasteiger partial charge is 0.239 e. The Balaban J connectivity index is 1.16. The summed E-state index contributed by atoms with van der Waals surface area (Å²) < 4.78 is 33.4. The lowest BCUT2D eigenvalue weighted by molar-refractivity contribution is -0.258. The first-order valence-corrected chi connectivity index (χ1v) is 28.7. The standard InChI is InChI=1S/C66H80N2O9/c1-3-5-6-7-8-9-10-11-18-29-63(71)68(45-49-30-36-60-61(41-49)73-47-72-60)62-44-58(67-75-46-48-23-14-12-15-24-48)56-42-52(27-19-21-38-69)55(28-20-22-39-70)64-57-43-54(35-37-59(57)77-66(62,65(56)64)74-40-4-2)76-53-33-31-51(32-34-53)50-25-16-13-17-26-50/h4,12-17,23-26,30-37,41-43,52,55,62,64-65,69-70H,2-3,5-11,18-22,27-29,38-40,44-47H2,1H3/t52-,55+,62-,64+,65+,66+/m0/s1. The predicted molar refractivity (Wildman–Crippen MR) is 303 cm³/mol. The fraction of sp³-hybridized carbons (Fsp3) is 0.455. The maximum absolute atomic E-state index is 15.5. The van der Waals surface area contributed by atoms with Crippen LogP contribution in [0.5, 0.6) is 28.7 Å². The minimum absolute atomic E-state index is 0.0133. The molecular weight excluding hydrogens is 965 g/mol.